The summed E-state index contributed by atoms with van der Waals surface area (Å²) in [6.45, 7) is -0.440. The molecule has 0 radical (unpaired) electrons. The van der Waals surface area contributed by atoms with Crippen LogP contribution >= 0.6 is 0 Å². The lowest BCUT2D eigenvalue weighted by Crippen LogP contribution is -2.18. The number of methoxy groups -OCH3 is 2. The van der Waals surface area contributed by atoms with Crippen LogP contribution in [0.1, 0.15) is 31.1 Å². The lowest BCUT2D eigenvalue weighted by Gasteiger charge is -2.11. The standard InChI is InChI=1S/C24H21NO6/c1-29-18-9-5-7-16(13-18)22(26)15-31-24(28)20-11-3-4-12-21(20)25-23(27)17-8-6-10-19(14-17)30-2/h3-14H,15H2,1-2H3,(H,25,27). The maximum atomic E-state index is 12.6. The van der Waals surface area contributed by atoms with Gasteiger partial charge in [0.1, 0.15) is 11.5 Å². The fourth-order valence-corrected chi connectivity index (χ4v) is 2.82. The zero-order valence-electron chi connectivity index (χ0n) is 17.1. The van der Waals surface area contributed by atoms with Crippen molar-refractivity contribution in [3.05, 3.63) is 89.5 Å². The molecule has 0 unspecified atom stereocenters. The van der Waals surface area contributed by atoms with Crippen molar-refractivity contribution in [1.82, 2.24) is 0 Å². The number of carbonyl (C=O) groups excluding carboxylic acids is 3. The first-order chi connectivity index (χ1) is 15.0. The molecule has 7 nitrogen and oxygen atoms in total. The van der Waals surface area contributed by atoms with Gasteiger partial charge in [-0.25, -0.2) is 4.79 Å². The van der Waals surface area contributed by atoms with E-state index in [0.717, 1.165) is 0 Å². The smallest absolute Gasteiger partial charge is 0.340 e. The molecular formula is C24H21NO6. The average molecular weight is 419 g/mol. The fraction of sp³-hybridized carbons (Fsp3) is 0.125. The Morgan fingerprint density at radius 3 is 2.06 bits per heavy atom. The number of esters is 1. The molecule has 0 aromatic heterocycles. The average Bonchev–Trinajstić information content (AvgIpc) is 2.82. The molecule has 0 bridgehead atoms. The Hall–Kier alpha value is -4.13. The Balaban J connectivity index is 1.69. The van der Waals surface area contributed by atoms with Crippen LogP contribution < -0.4 is 14.8 Å². The van der Waals surface area contributed by atoms with Crippen molar-refractivity contribution < 1.29 is 28.6 Å². The first-order valence-electron chi connectivity index (χ1n) is 9.40. The van der Waals surface area contributed by atoms with Gasteiger partial charge in [-0.15, -0.1) is 0 Å². The summed E-state index contributed by atoms with van der Waals surface area (Å²) in [5, 5.41) is 2.70. The minimum atomic E-state index is -0.724. The second-order valence-corrected chi connectivity index (χ2v) is 6.46. The van der Waals surface area contributed by atoms with Crippen molar-refractivity contribution in [1.29, 1.82) is 0 Å². The third-order valence-corrected chi connectivity index (χ3v) is 4.45. The molecule has 0 fully saturated rings. The molecule has 3 aromatic carbocycles. The van der Waals surface area contributed by atoms with Crippen molar-refractivity contribution in [2.75, 3.05) is 26.1 Å². The molecule has 0 heterocycles. The number of Topliss-reactive ketones (excluding diaryl/α,β-unsaturated/α-hetero) is 1. The number of anilines is 1. The largest absolute Gasteiger partial charge is 0.497 e. The highest BCUT2D eigenvalue weighted by Crippen LogP contribution is 2.20. The van der Waals surface area contributed by atoms with Gasteiger partial charge in [-0.3, -0.25) is 9.59 Å². The first-order valence-corrected chi connectivity index (χ1v) is 9.40. The zero-order chi connectivity index (χ0) is 22.2. The first kappa shape index (κ1) is 21.6. The van der Waals surface area contributed by atoms with Gasteiger partial charge in [-0.05, 0) is 42.5 Å². The Bertz CT molecular complexity index is 1110. The molecule has 0 spiro atoms. The summed E-state index contributed by atoms with van der Waals surface area (Å²) in [5.41, 5.74) is 1.15. The van der Waals surface area contributed by atoms with Crippen LogP contribution in [0.4, 0.5) is 5.69 Å². The summed E-state index contributed by atoms with van der Waals surface area (Å²) >= 11 is 0. The summed E-state index contributed by atoms with van der Waals surface area (Å²) in [4.78, 5) is 37.5. The van der Waals surface area contributed by atoms with Crippen molar-refractivity contribution >= 4 is 23.3 Å². The van der Waals surface area contributed by atoms with Gasteiger partial charge in [0.2, 0.25) is 0 Å². The maximum Gasteiger partial charge on any atom is 0.340 e. The van der Waals surface area contributed by atoms with Gasteiger partial charge in [0.15, 0.2) is 12.4 Å². The van der Waals surface area contributed by atoms with E-state index in [4.69, 9.17) is 14.2 Å². The van der Waals surface area contributed by atoms with E-state index in [1.807, 2.05) is 0 Å². The molecule has 1 N–H and O–H groups in total. The molecule has 0 aliphatic carbocycles. The normalized spacial score (nSPS) is 10.1. The predicted octanol–water partition coefficient (Wildman–Crippen LogP) is 4.00. The van der Waals surface area contributed by atoms with E-state index in [-0.39, 0.29) is 17.0 Å². The van der Waals surface area contributed by atoms with Gasteiger partial charge in [0.25, 0.3) is 5.91 Å². The molecule has 0 aliphatic rings. The van der Waals surface area contributed by atoms with E-state index >= 15 is 0 Å². The van der Waals surface area contributed by atoms with Gasteiger partial charge in [-0.2, -0.15) is 0 Å². The summed E-state index contributed by atoms with van der Waals surface area (Å²) in [6, 6.07) is 19.6. The van der Waals surface area contributed by atoms with Gasteiger partial charge < -0.3 is 19.5 Å². The van der Waals surface area contributed by atoms with Gasteiger partial charge in [0, 0.05) is 11.1 Å². The van der Waals surface area contributed by atoms with E-state index < -0.39 is 18.5 Å². The van der Waals surface area contributed by atoms with Crippen LogP contribution in [-0.4, -0.2) is 38.5 Å². The third-order valence-electron chi connectivity index (χ3n) is 4.45. The molecule has 0 aliphatic heterocycles. The van der Waals surface area contributed by atoms with E-state index in [9.17, 15) is 14.4 Å². The summed E-state index contributed by atoms with van der Waals surface area (Å²) < 4.78 is 15.4. The molecule has 0 saturated carbocycles. The van der Waals surface area contributed by atoms with Gasteiger partial charge >= 0.3 is 5.97 Å². The third kappa shape index (κ3) is 5.48. The van der Waals surface area contributed by atoms with Crippen LogP contribution in [0.2, 0.25) is 0 Å². The molecule has 31 heavy (non-hydrogen) atoms. The Morgan fingerprint density at radius 2 is 1.39 bits per heavy atom. The van der Waals surface area contributed by atoms with Crippen molar-refractivity contribution in [2.24, 2.45) is 0 Å². The highest BCUT2D eigenvalue weighted by atomic mass is 16.5. The number of carbonyl (C=O) groups is 3. The van der Waals surface area contributed by atoms with Crippen LogP contribution in [0.25, 0.3) is 0 Å². The van der Waals surface area contributed by atoms with Gasteiger partial charge in [-0.1, -0.05) is 30.3 Å². The van der Waals surface area contributed by atoms with E-state index in [2.05, 4.69) is 5.32 Å². The van der Waals surface area contributed by atoms with E-state index in [1.165, 1.54) is 20.3 Å². The number of nitrogens with one attached hydrogen (secondary N) is 1. The maximum absolute atomic E-state index is 12.6. The number of para-hydroxylation sites is 1. The SMILES string of the molecule is COc1cccc(C(=O)COC(=O)c2ccccc2NC(=O)c2cccc(OC)c2)c1. The van der Waals surface area contributed by atoms with Crippen LogP contribution in [-0.2, 0) is 4.74 Å². The van der Waals surface area contributed by atoms with Crippen LogP contribution in [0, 0.1) is 0 Å². The topological polar surface area (TPSA) is 90.9 Å². The number of ether oxygens (including phenoxy) is 3. The Labute approximate surface area is 179 Å². The number of hydrogen-bond acceptors (Lipinski definition) is 6. The van der Waals surface area contributed by atoms with Crippen LogP contribution in [0.15, 0.2) is 72.8 Å². The molecule has 158 valence electrons. The number of rotatable bonds is 8. The molecule has 0 saturated heterocycles. The number of hydrogen-bond donors (Lipinski definition) is 1. The monoisotopic (exact) mass is 419 g/mol. The number of amides is 1. The van der Waals surface area contributed by atoms with Crippen molar-refractivity contribution in [3.63, 3.8) is 0 Å². The van der Waals surface area contributed by atoms with Crippen molar-refractivity contribution in [3.8, 4) is 11.5 Å². The lowest BCUT2D eigenvalue weighted by molar-refractivity contribution is 0.0475. The summed E-state index contributed by atoms with van der Waals surface area (Å²) in [5.74, 6) is -0.436. The number of benzene rings is 3. The number of ketones is 1. The molecular weight excluding hydrogens is 398 g/mol. The quantitative estimate of drug-likeness (QED) is 0.438. The minimum Gasteiger partial charge on any atom is -0.497 e. The predicted molar refractivity (Wildman–Crippen MR) is 115 cm³/mol. The fourth-order valence-electron chi connectivity index (χ4n) is 2.82. The zero-order valence-corrected chi connectivity index (χ0v) is 17.1. The molecule has 3 rings (SSSR count). The molecule has 0 atom stereocenters. The van der Waals surface area contributed by atoms with E-state index in [1.54, 1.807) is 66.7 Å². The van der Waals surface area contributed by atoms with Crippen LogP contribution in [0.3, 0.4) is 0 Å². The lowest BCUT2D eigenvalue weighted by atomic mass is 10.1. The second-order valence-electron chi connectivity index (χ2n) is 6.46. The highest BCUT2D eigenvalue weighted by molar-refractivity contribution is 6.08. The summed E-state index contributed by atoms with van der Waals surface area (Å²) in [7, 11) is 3.01. The van der Waals surface area contributed by atoms with Gasteiger partial charge in [0.05, 0.1) is 25.5 Å². The molecule has 1 amide bonds. The van der Waals surface area contributed by atoms with Crippen molar-refractivity contribution in [2.45, 2.75) is 0 Å². The highest BCUT2D eigenvalue weighted by Gasteiger charge is 2.17. The van der Waals surface area contributed by atoms with E-state index in [0.29, 0.717) is 22.6 Å². The second kappa shape index (κ2) is 10.1. The summed E-state index contributed by atoms with van der Waals surface area (Å²) in [6.07, 6.45) is 0. The molecule has 7 heteroatoms. The Kier molecular flexibility index (Phi) is 7.01. The molecule has 3 aromatic rings. The Morgan fingerprint density at radius 1 is 0.774 bits per heavy atom. The van der Waals surface area contributed by atoms with Crippen LogP contribution in [0.5, 0.6) is 11.5 Å². The minimum absolute atomic E-state index is 0.136.